The van der Waals surface area contributed by atoms with E-state index in [0.29, 0.717) is 13.2 Å². The second kappa shape index (κ2) is 6.65. The fraction of sp³-hybridized carbons (Fsp3) is 0.900. The van der Waals surface area contributed by atoms with Crippen molar-refractivity contribution in [2.45, 2.75) is 39.8 Å². The van der Waals surface area contributed by atoms with Gasteiger partial charge in [-0.2, -0.15) is 0 Å². The quantitative estimate of drug-likeness (QED) is 0.733. The highest BCUT2D eigenvalue weighted by molar-refractivity contribution is 5.74. The van der Waals surface area contributed by atoms with Crippen LogP contribution in [0.15, 0.2) is 0 Å². The molecular weight excluding hydrogens is 180 g/mol. The molecule has 0 bridgehead atoms. The average Bonchev–Trinajstić information content (AvgIpc) is 2.02. The summed E-state index contributed by atoms with van der Waals surface area (Å²) in [6, 6.07) is 0.349. The van der Waals surface area contributed by atoms with E-state index in [1.165, 1.54) is 0 Å². The number of nitrogens with zero attached hydrogens (tertiary/aromatic N) is 1. The minimum absolute atomic E-state index is 0.0212. The first-order valence-electron chi connectivity index (χ1n) is 5.05. The molecule has 1 N–H and O–H groups in total. The second-order valence-corrected chi connectivity index (χ2v) is 3.88. The number of rotatable bonds is 5. The molecule has 2 amide bonds. The van der Waals surface area contributed by atoms with E-state index in [4.69, 9.17) is 4.74 Å². The van der Waals surface area contributed by atoms with Crippen LogP contribution >= 0.6 is 0 Å². The Balaban J connectivity index is 4.11. The molecule has 0 spiro atoms. The fourth-order valence-corrected chi connectivity index (χ4v) is 1.11. The van der Waals surface area contributed by atoms with Gasteiger partial charge in [-0.3, -0.25) is 0 Å². The monoisotopic (exact) mass is 202 g/mol. The Morgan fingerprint density at radius 1 is 1.36 bits per heavy atom. The molecule has 14 heavy (non-hydrogen) atoms. The first-order valence-corrected chi connectivity index (χ1v) is 5.05. The van der Waals surface area contributed by atoms with Crippen LogP contribution in [0.1, 0.15) is 27.7 Å². The van der Waals surface area contributed by atoms with E-state index in [1.807, 2.05) is 27.7 Å². The smallest absolute Gasteiger partial charge is 0.317 e. The molecule has 0 unspecified atom stereocenters. The van der Waals surface area contributed by atoms with Crippen molar-refractivity contribution in [3.63, 3.8) is 0 Å². The molecule has 84 valence electrons. The molecule has 0 radical (unpaired) electrons. The van der Waals surface area contributed by atoms with Crippen LogP contribution in [0.25, 0.3) is 0 Å². The third-order valence-corrected chi connectivity index (χ3v) is 1.83. The van der Waals surface area contributed by atoms with E-state index in [2.05, 4.69) is 5.32 Å². The van der Waals surface area contributed by atoms with Crippen LogP contribution in [-0.4, -0.2) is 43.3 Å². The Hall–Kier alpha value is -0.770. The molecule has 0 atom stereocenters. The van der Waals surface area contributed by atoms with Crippen molar-refractivity contribution in [2.24, 2.45) is 0 Å². The van der Waals surface area contributed by atoms with Crippen LogP contribution in [0, 0.1) is 0 Å². The van der Waals surface area contributed by atoms with E-state index in [0.717, 1.165) is 0 Å². The number of nitrogens with one attached hydrogen (secondary N) is 1. The summed E-state index contributed by atoms with van der Waals surface area (Å²) in [7, 11) is 1.64. The molecule has 4 heteroatoms. The van der Waals surface area contributed by atoms with Gasteiger partial charge in [-0.15, -0.1) is 0 Å². The maximum atomic E-state index is 11.7. The molecule has 0 aliphatic carbocycles. The van der Waals surface area contributed by atoms with Gasteiger partial charge in [0.05, 0.1) is 6.61 Å². The van der Waals surface area contributed by atoms with Crippen molar-refractivity contribution in [3.05, 3.63) is 0 Å². The Morgan fingerprint density at radius 3 is 2.29 bits per heavy atom. The van der Waals surface area contributed by atoms with Gasteiger partial charge in [0.1, 0.15) is 0 Å². The lowest BCUT2D eigenvalue weighted by Gasteiger charge is -2.27. The van der Waals surface area contributed by atoms with Crippen molar-refractivity contribution in [2.75, 3.05) is 20.3 Å². The molecule has 0 saturated heterocycles. The van der Waals surface area contributed by atoms with Gasteiger partial charge in [0.25, 0.3) is 0 Å². The fourth-order valence-electron chi connectivity index (χ4n) is 1.11. The first kappa shape index (κ1) is 13.2. The maximum absolute atomic E-state index is 11.7. The van der Waals surface area contributed by atoms with Crippen LogP contribution in [0.4, 0.5) is 4.79 Å². The maximum Gasteiger partial charge on any atom is 0.317 e. The lowest BCUT2D eigenvalue weighted by atomic mass is 10.3. The summed E-state index contributed by atoms with van der Waals surface area (Å²) >= 11 is 0. The van der Waals surface area contributed by atoms with Crippen molar-refractivity contribution >= 4 is 6.03 Å². The van der Waals surface area contributed by atoms with Gasteiger partial charge in [-0.25, -0.2) is 4.79 Å². The normalized spacial score (nSPS) is 10.8. The van der Waals surface area contributed by atoms with Crippen molar-refractivity contribution < 1.29 is 9.53 Å². The predicted molar refractivity (Wildman–Crippen MR) is 57.4 cm³/mol. The van der Waals surface area contributed by atoms with Crippen molar-refractivity contribution in [1.29, 1.82) is 0 Å². The Morgan fingerprint density at radius 2 is 1.93 bits per heavy atom. The largest absolute Gasteiger partial charge is 0.383 e. The summed E-state index contributed by atoms with van der Waals surface area (Å²) < 4.78 is 4.96. The van der Waals surface area contributed by atoms with E-state index in [1.54, 1.807) is 12.0 Å². The highest BCUT2D eigenvalue weighted by Crippen LogP contribution is 1.99. The zero-order valence-corrected chi connectivity index (χ0v) is 9.83. The summed E-state index contributed by atoms with van der Waals surface area (Å²) in [6.45, 7) is 9.10. The molecule has 0 aromatic rings. The molecule has 4 nitrogen and oxygen atoms in total. The molecular formula is C10H22N2O2. The standard InChI is InChI=1S/C10H22N2O2/c1-8(2)11-10(13)12(9(3)4)6-7-14-5/h8-9H,6-7H2,1-5H3,(H,11,13). The number of ether oxygens (including phenoxy) is 1. The van der Waals surface area contributed by atoms with Crippen molar-refractivity contribution in [3.8, 4) is 0 Å². The Bertz CT molecular complexity index is 170. The van der Waals surface area contributed by atoms with Crippen LogP contribution < -0.4 is 5.32 Å². The van der Waals surface area contributed by atoms with Gasteiger partial charge in [0, 0.05) is 25.7 Å². The number of carbonyl (C=O) groups excluding carboxylic acids is 1. The van der Waals surface area contributed by atoms with E-state index >= 15 is 0 Å². The molecule has 0 aromatic heterocycles. The number of methoxy groups -OCH3 is 1. The third kappa shape index (κ3) is 5.07. The molecule has 0 aliphatic heterocycles. The minimum Gasteiger partial charge on any atom is -0.383 e. The number of hydrogen-bond donors (Lipinski definition) is 1. The van der Waals surface area contributed by atoms with Crippen LogP contribution in [0.5, 0.6) is 0 Å². The summed E-state index contributed by atoms with van der Waals surface area (Å²) in [5.74, 6) is 0. The Labute approximate surface area is 86.6 Å². The summed E-state index contributed by atoms with van der Waals surface area (Å²) in [6.07, 6.45) is 0. The zero-order chi connectivity index (χ0) is 11.1. The van der Waals surface area contributed by atoms with Gasteiger partial charge >= 0.3 is 6.03 Å². The van der Waals surface area contributed by atoms with Crippen LogP contribution in [0.3, 0.4) is 0 Å². The molecule has 0 heterocycles. The van der Waals surface area contributed by atoms with Gasteiger partial charge in [-0.05, 0) is 27.7 Å². The Kier molecular flexibility index (Phi) is 6.28. The van der Waals surface area contributed by atoms with Crippen LogP contribution in [-0.2, 0) is 4.74 Å². The zero-order valence-electron chi connectivity index (χ0n) is 9.83. The lowest BCUT2D eigenvalue weighted by molar-refractivity contribution is 0.135. The second-order valence-electron chi connectivity index (χ2n) is 3.88. The lowest BCUT2D eigenvalue weighted by Crippen LogP contribution is -2.47. The molecule has 0 fully saturated rings. The van der Waals surface area contributed by atoms with E-state index in [-0.39, 0.29) is 18.1 Å². The third-order valence-electron chi connectivity index (χ3n) is 1.83. The van der Waals surface area contributed by atoms with Crippen molar-refractivity contribution in [1.82, 2.24) is 10.2 Å². The van der Waals surface area contributed by atoms with Gasteiger partial charge in [0.2, 0.25) is 0 Å². The topological polar surface area (TPSA) is 41.6 Å². The molecule has 0 saturated carbocycles. The van der Waals surface area contributed by atoms with Crippen LogP contribution in [0.2, 0.25) is 0 Å². The number of amides is 2. The first-order chi connectivity index (χ1) is 6.49. The number of carbonyl (C=O) groups is 1. The average molecular weight is 202 g/mol. The minimum atomic E-state index is -0.0212. The highest BCUT2D eigenvalue weighted by Gasteiger charge is 2.16. The SMILES string of the molecule is COCCN(C(=O)NC(C)C)C(C)C. The number of urea groups is 1. The summed E-state index contributed by atoms with van der Waals surface area (Å²) in [4.78, 5) is 13.4. The predicted octanol–water partition coefficient (Wildman–Crippen LogP) is 1.46. The van der Waals surface area contributed by atoms with Gasteiger partial charge < -0.3 is 15.0 Å². The number of hydrogen-bond acceptors (Lipinski definition) is 2. The molecule has 0 aromatic carbocycles. The summed E-state index contributed by atoms with van der Waals surface area (Å²) in [5.41, 5.74) is 0. The summed E-state index contributed by atoms with van der Waals surface area (Å²) in [5, 5.41) is 2.86. The van der Waals surface area contributed by atoms with Gasteiger partial charge in [0.15, 0.2) is 0 Å². The highest BCUT2D eigenvalue weighted by atomic mass is 16.5. The van der Waals surface area contributed by atoms with Gasteiger partial charge in [-0.1, -0.05) is 0 Å². The molecule has 0 rings (SSSR count). The molecule has 0 aliphatic rings. The van der Waals surface area contributed by atoms with E-state index < -0.39 is 0 Å². The van der Waals surface area contributed by atoms with E-state index in [9.17, 15) is 4.79 Å².